The molecule has 1 aliphatic carbocycles. The van der Waals surface area contributed by atoms with Crippen molar-refractivity contribution >= 4 is 0 Å². The molecule has 1 saturated heterocycles. The molecule has 0 amide bonds. The van der Waals surface area contributed by atoms with Crippen LogP contribution >= 0.6 is 0 Å². The van der Waals surface area contributed by atoms with Crippen LogP contribution in [-0.4, -0.2) is 24.4 Å². The number of aliphatic hydroxyl groups excluding tert-OH is 1. The van der Waals surface area contributed by atoms with Crippen molar-refractivity contribution in [2.45, 2.75) is 58.5 Å². The lowest BCUT2D eigenvalue weighted by Gasteiger charge is -2.34. The maximum atomic E-state index is 9.80. The van der Waals surface area contributed by atoms with Crippen LogP contribution in [0.4, 0.5) is 0 Å². The Morgan fingerprint density at radius 1 is 1.44 bits per heavy atom. The summed E-state index contributed by atoms with van der Waals surface area (Å²) in [7, 11) is 0. The fourth-order valence-corrected chi connectivity index (χ4v) is 3.48. The second-order valence-corrected chi connectivity index (χ2v) is 6.00. The zero-order chi connectivity index (χ0) is 11.6. The summed E-state index contributed by atoms with van der Waals surface area (Å²) in [6, 6.07) is 0. The summed E-state index contributed by atoms with van der Waals surface area (Å²) in [5.41, 5.74) is 0.0930. The summed E-state index contributed by atoms with van der Waals surface area (Å²) < 4.78 is 5.90. The van der Waals surface area contributed by atoms with E-state index in [0.717, 1.165) is 31.3 Å². The topological polar surface area (TPSA) is 29.5 Å². The lowest BCUT2D eigenvalue weighted by atomic mass is 9.72. The average molecular weight is 226 g/mol. The third-order valence-corrected chi connectivity index (χ3v) is 4.40. The van der Waals surface area contributed by atoms with E-state index in [-0.39, 0.29) is 5.41 Å². The van der Waals surface area contributed by atoms with Crippen LogP contribution in [0.2, 0.25) is 0 Å². The van der Waals surface area contributed by atoms with E-state index in [2.05, 4.69) is 13.8 Å². The molecular weight excluding hydrogens is 200 g/mol. The highest BCUT2D eigenvalue weighted by Crippen LogP contribution is 2.50. The average Bonchev–Trinajstić information content (AvgIpc) is 3.02. The number of hydrogen-bond acceptors (Lipinski definition) is 2. The van der Waals surface area contributed by atoms with Gasteiger partial charge < -0.3 is 9.84 Å². The van der Waals surface area contributed by atoms with E-state index in [9.17, 15) is 5.11 Å². The third-order valence-electron chi connectivity index (χ3n) is 4.40. The summed E-state index contributed by atoms with van der Waals surface area (Å²) in [6.45, 7) is 5.75. The van der Waals surface area contributed by atoms with Gasteiger partial charge in [-0.2, -0.15) is 0 Å². The maximum absolute atomic E-state index is 9.80. The van der Waals surface area contributed by atoms with Gasteiger partial charge in [-0.1, -0.05) is 26.7 Å². The number of rotatable bonds is 6. The quantitative estimate of drug-likeness (QED) is 0.754. The first-order valence-corrected chi connectivity index (χ1v) is 6.94. The minimum Gasteiger partial charge on any atom is -0.396 e. The van der Waals surface area contributed by atoms with Crippen LogP contribution < -0.4 is 0 Å². The van der Waals surface area contributed by atoms with Gasteiger partial charge in [-0.15, -0.1) is 0 Å². The second-order valence-electron chi connectivity index (χ2n) is 6.00. The normalized spacial score (nSPS) is 36.6. The smallest absolute Gasteiger partial charge is 0.0682 e. The van der Waals surface area contributed by atoms with Gasteiger partial charge in [0.2, 0.25) is 0 Å². The Balaban J connectivity index is 1.99. The van der Waals surface area contributed by atoms with E-state index in [0.29, 0.717) is 12.7 Å². The van der Waals surface area contributed by atoms with E-state index in [1.54, 1.807) is 0 Å². The van der Waals surface area contributed by atoms with Gasteiger partial charge in [0.25, 0.3) is 0 Å². The highest BCUT2D eigenvalue weighted by Gasteiger charge is 2.50. The van der Waals surface area contributed by atoms with Crippen molar-refractivity contribution in [3.63, 3.8) is 0 Å². The van der Waals surface area contributed by atoms with E-state index in [1.165, 1.54) is 25.7 Å². The minimum atomic E-state index is 0.0930. The van der Waals surface area contributed by atoms with E-state index in [4.69, 9.17) is 4.74 Å². The Morgan fingerprint density at radius 2 is 2.19 bits per heavy atom. The molecule has 2 nitrogen and oxygen atoms in total. The number of aliphatic hydroxyl groups is 1. The Bertz CT molecular complexity index is 225. The molecule has 2 heteroatoms. The predicted octanol–water partition coefficient (Wildman–Crippen LogP) is 2.99. The Kier molecular flexibility index (Phi) is 3.91. The largest absolute Gasteiger partial charge is 0.396 e. The van der Waals surface area contributed by atoms with Crippen molar-refractivity contribution < 1.29 is 9.84 Å². The van der Waals surface area contributed by atoms with Crippen molar-refractivity contribution in [3.8, 4) is 0 Å². The first-order chi connectivity index (χ1) is 7.72. The van der Waals surface area contributed by atoms with Crippen molar-refractivity contribution in [2.24, 2.45) is 17.3 Å². The summed E-state index contributed by atoms with van der Waals surface area (Å²) in [6.07, 6.45) is 7.73. The van der Waals surface area contributed by atoms with Gasteiger partial charge in [0.15, 0.2) is 0 Å². The van der Waals surface area contributed by atoms with E-state index < -0.39 is 0 Å². The Labute approximate surface area is 99.4 Å². The molecular formula is C14H26O2. The van der Waals surface area contributed by atoms with Crippen LogP contribution in [-0.2, 0) is 4.74 Å². The van der Waals surface area contributed by atoms with Crippen LogP contribution in [0, 0.1) is 17.3 Å². The summed E-state index contributed by atoms with van der Waals surface area (Å²) in [4.78, 5) is 0. The number of ether oxygens (including phenoxy) is 1. The highest BCUT2D eigenvalue weighted by atomic mass is 16.5. The van der Waals surface area contributed by atoms with Gasteiger partial charge in [-0.25, -0.2) is 0 Å². The van der Waals surface area contributed by atoms with Crippen LogP contribution in [0.25, 0.3) is 0 Å². The molecule has 0 spiro atoms. The Morgan fingerprint density at radius 3 is 2.75 bits per heavy atom. The second kappa shape index (κ2) is 5.05. The molecule has 0 aromatic heterocycles. The zero-order valence-electron chi connectivity index (χ0n) is 10.7. The Hall–Kier alpha value is -0.0800. The standard InChI is InChI=1S/C14H26O2/c1-3-4-11(2)9-14(10-15)7-8-16-13(14)12-5-6-12/h11-13,15H,3-10H2,1-2H3. The van der Waals surface area contributed by atoms with Crippen molar-refractivity contribution in [1.29, 1.82) is 0 Å². The van der Waals surface area contributed by atoms with Crippen LogP contribution in [0.5, 0.6) is 0 Å². The van der Waals surface area contributed by atoms with Gasteiger partial charge in [-0.3, -0.25) is 0 Å². The minimum absolute atomic E-state index is 0.0930. The molecule has 1 N–H and O–H groups in total. The van der Waals surface area contributed by atoms with E-state index in [1.807, 2.05) is 0 Å². The third kappa shape index (κ3) is 2.43. The SMILES string of the molecule is CCCC(C)CC1(CO)CCOC1C1CC1. The number of hydrogen-bond donors (Lipinski definition) is 1. The molecule has 0 bridgehead atoms. The van der Waals surface area contributed by atoms with Crippen molar-refractivity contribution in [1.82, 2.24) is 0 Å². The van der Waals surface area contributed by atoms with Crippen LogP contribution in [0.3, 0.4) is 0 Å². The fourth-order valence-electron chi connectivity index (χ4n) is 3.48. The van der Waals surface area contributed by atoms with Gasteiger partial charge in [0.05, 0.1) is 12.7 Å². The zero-order valence-corrected chi connectivity index (χ0v) is 10.7. The van der Waals surface area contributed by atoms with Gasteiger partial charge in [0, 0.05) is 12.0 Å². The molecule has 0 aromatic rings. The highest BCUT2D eigenvalue weighted by molar-refractivity contribution is 4.99. The molecule has 2 rings (SSSR count). The monoisotopic (exact) mass is 226 g/mol. The molecule has 94 valence electrons. The molecule has 16 heavy (non-hydrogen) atoms. The molecule has 1 saturated carbocycles. The van der Waals surface area contributed by atoms with Gasteiger partial charge in [0.1, 0.15) is 0 Å². The summed E-state index contributed by atoms with van der Waals surface area (Å²) in [5, 5.41) is 9.80. The van der Waals surface area contributed by atoms with Crippen molar-refractivity contribution in [2.75, 3.05) is 13.2 Å². The van der Waals surface area contributed by atoms with Crippen molar-refractivity contribution in [3.05, 3.63) is 0 Å². The van der Waals surface area contributed by atoms with E-state index >= 15 is 0 Å². The molecule has 2 aliphatic rings. The van der Waals surface area contributed by atoms with Gasteiger partial charge >= 0.3 is 0 Å². The fraction of sp³-hybridized carbons (Fsp3) is 1.00. The van der Waals surface area contributed by atoms with Crippen LogP contribution in [0.1, 0.15) is 52.4 Å². The molecule has 1 aliphatic heterocycles. The molecule has 3 atom stereocenters. The summed E-state index contributed by atoms with van der Waals surface area (Å²) in [5.74, 6) is 1.48. The molecule has 1 heterocycles. The predicted molar refractivity (Wildman–Crippen MR) is 65.3 cm³/mol. The first-order valence-electron chi connectivity index (χ1n) is 6.94. The molecule has 3 unspecified atom stereocenters. The maximum Gasteiger partial charge on any atom is 0.0682 e. The molecule has 2 fully saturated rings. The lowest BCUT2D eigenvalue weighted by Crippen LogP contribution is -2.37. The van der Waals surface area contributed by atoms with Crippen LogP contribution in [0.15, 0.2) is 0 Å². The summed E-state index contributed by atoms with van der Waals surface area (Å²) >= 11 is 0. The first kappa shape index (κ1) is 12.4. The van der Waals surface area contributed by atoms with Gasteiger partial charge in [-0.05, 0) is 37.5 Å². The lowest BCUT2D eigenvalue weighted by molar-refractivity contribution is -0.0123. The molecule has 0 aromatic carbocycles. The molecule has 0 radical (unpaired) electrons.